The maximum Gasteiger partial charge on any atom is 0.335 e. The number of ether oxygens (including phenoxy) is 1. The summed E-state index contributed by atoms with van der Waals surface area (Å²) in [5, 5.41) is 9.99. The van der Waals surface area contributed by atoms with E-state index in [1.54, 1.807) is 37.4 Å². The molecular weight excluding hydrogens is 447 g/mol. The second-order valence-electron chi connectivity index (χ2n) is 6.03. The van der Waals surface area contributed by atoms with Crippen LogP contribution in [0.15, 0.2) is 46.3 Å². The van der Waals surface area contributed by atoms with Gasteiger partial charge in [-0.1, -0.05) is 29.1 Å². The summed E-state index contributed by atoms with van der Waals surface area (Å²) in [6.45, 7) is 0.0340. The predicted molar refractivity (Wildman–Crippen MR) is 120 cm³/mol. The van der Waals surface area contributed by atoms with Crippen molar-refractivity contribution in [3.63, 3.8) is 0 Å². The van der Waals surface area contributed by atoms with Crippen LogP contribution in [0, 0.1) is 12.3 Å². The highest BCUT2D eigenvalue weighted by Crippen LogP contribution is 2.37. The summed E-state index contributed by atoms with van der Waals surface area (Å²) in [4.78, 5) is 29.8. The van der Waals surface area contributed by atoms with Crippen LogP contribution in [0.3, 0.4) is 0 Å². The van der Waals surface area contributed by atoms with Crippen LogP contribution in [-0.2, 0) is 4.79 Å². The van der Waals surface area contributed by atoms with Crippen molar-refractivity contribution < 1.29 is 19.4 Å². The third kappa shape index (κ3) is 4.79. The number of nitrogens with zero attached hydrogens (tertiary/aromatic N) is 2. The maximum atomic E-state index is 12.6. The number of aromatic carboxylic acids is 1. The molecule has 1 aliphatic heterocycles. The van der Waals surface area contributed by atoms with Crippen LogP contribution in [0.25, 0.3) is 6.08 Å². The molecule has 0 aliphatic carbocycles. The molecule has 6 nitrogen and oxygen atoms in total. The van der Waals surface area contributed by atoms with E-state index in [1.165, 1.54) is 28.8 Å². The number of carboxylic acids is 1. The van der Waals surface area contributed by atoms with E-state index >= 15 is 0 Å². The number of likely N-dealkylation sites (N-methyl/N-ethyl adjacent to an activating group) is 1. The molecule has 0 atom stereocenters. The fraction of sp³-hybridized carbons (Fsp3) is 0.0952. The van der Waals surface area contributed by atoms with Crippen LogP contribution in [-0.4, -0.2) is 40.7 Å². The third-order valence-corrected chi connectivity index (χ3v) is 5.58. The van der Waals surface area contributed by atoms with Gasteiger partial charge in [0.15, 0.2) is 10.9 Å². The lowest BCUT2D eigenvalue weighted by molar-refractivity contribution is -0.121. The molecule has 152 valence electrons. The Morgan fingerprint density at radius 3 is 2.50 bits per heavy atom. The standard InChI is InChI=1S/C21H14Cl2N2O4S/c1-3-8-29-18-15(22)9-12(10-16(18)23)11-17-19(26)25(2)21(30-17)24-14-6-4-13(5-7-14)20(27)28/h1,4-7,9-11H,8H2,2H3,(H,27,28)/b17-11+,24-21?. The maximum absolute atomic E-state index is 12.6. The van der Waals surface area contributed by atoms with E-state index in [-0.39, 0.29) is 33.9 Å². The highest BCUT2D eigenvalue weighted by atomic mass is 35.5. The Morgan fingerprint density at radius 2 is 1.93 bits per heavy atom. The van der Waals surface area contributed by atoms with Gasteiger partial charge in [-0.05, 0) is 59.8 Å². The number of hydrogen-bond donors (Lipinski definition) is 1. The van der Waals surface area contributed by atoms with Crippen molar-refractivity contribution in [2.45, 2.75) is 0 Å². The molecule has 3 rings (SSSR count). The molecule has 2 aromatic rings. The highest BCUT2D eigenvalue weighted by Gasteiger charge is 2.30. The van der Waals surface area contributed by atoms with Crippen LogP contribution in [0.2, 0.25) is 10.0 Å². The van der Waals surface area contributed by atoms with Crippen LogP contribution >= 0.6 is 35.0 Å². The van der Waals surface area contributed by atoms with Crippen molar-refractivity contribution >= 4 is 63.8 Å². The van der Waals surface area contributed by atoms with Crippen molar-refractivity contribution in [1.82, 2.24) is 4.90 Å². The number of carbonyl (C=O) groups excluding carboxylic acids is 1. The molecule has 0 aromatic heterocycles. The van der Waals surface area contributed by atoms with Crippen molar-refractivity contribution in [2.24, 2.45) is 4.99 Å². The van der Waals surface area contributed by atoms with E-state index in [9.17, 15) is 9.59 Å². The molecule has 1 saturated heterocycles. The molecule has 0 spiro atoms. The number of amides is 1. The normalized spacial score (nSPS) is 16.2. The number of terminal acetylenes is 1. The molecule has 1 heterocycles. The number of rotatable bonds is 5. The van der Waals surface area contributed by atoms with Crippen LogP contribution < -0.4 is 4.74 Å². The molecule has 0 radical (unpaired) electrons. The van der Waals surface area contributed by atoms with E-state index in [2.05, 4.69) is 10.9 Å². The summed E-state index contributed by atoms with van der Waals surface area (Å²) >= 11 is 13.6. The van der Waals surface area contributed by atoms with Gasteiger partial charge in [-0.25, -0.2) is 9.79 Å². The quantitative estimate of drug-likeness (QED) is 0.504. The van der Waals surface area contributed by atoms with Crippen molar-refractivity contribution in [3.05, 3.63) is 62.5 Å². The fourth-order valence-corrected chi connectivity index (χ4v) is 4.11. The van der Waals surface area contributed by atoms with Gasteiger partial charge < -0.3 is 9.84 Å². The Hall–Kier alpha value is -2.92. The molecule has 2 aromatic carbocycles. The van der Waals surface area contributed by atoms with Crippen molar-refractivity contribution in [2.75, 3.05) is 13.7 Å². The smallest absolute Gasteiger partial charge is 0.335 e. The minimum absolute atomic E-state index is 0.0340. The molecule has 30 heavy (non-hydrogen) atoms. The molecule has 0 unspecified atom stereocenters. The average Bonchev–Trinajstić information content (AvgIpc) is 2.95. The molecule has 1 aliphatic rings. The molecule has 0 bridgehead atoms. The van der Waals surface area contributed by atoms with E-state index in [1.807, 2.05) is 0 Å². The van der Waals surface area contributed by atoms with Gasteiger partial charge in [0.25, 0.3) is 5.91 Å². The number of benzene rings is 2. The van der Waals surface area contributed by atoms with Gasteiger partial charge in [0.1, 0.15) is 6.61 Å². The van der Waals surface area contributed by atoms with Gasteiger partial charge in [-0.15, -0.1) is 6.42 Å². The van der Waals surface area contributed by atoms with Gasteiger partial charge >= 0.3 is 5.97 Å². The van der Waals surface area contributed by atoms with Gasteiger partial charge in [0.2, 0.25) is 0 Å². The number of thioether (sulfide) groups is 1. The van der Waals surface area contributed by atoms with Gasteiger partial charge in [-0.2, -0.15) is 0 Å². The first-order valence-corrected chi connectivity index (χ1v) is 10.0. The van der Waals surface area contributed by atoms with E-state index in [0.717, 1.165) is 0 Å². The molecule has 1 N–H and O–H groups in total. The topological polar surface area (TPSA) is 79.2 Å². The Morgan fingerprint density at radius 1 is 1.30 bits per heavy atom. The lowest BCUT2D eigenvalue weighted by Gasteiger charge is -2.08. The summed E-state index contributed by atoms with van der Waals surface area (Å²) in [6, 6.07) is 9.30. The lowest BCUT2D eigenvalue weighted by Crippen LogP contribution is -2.23. The molecular formula is C21H14Cl2N2O4S. The third-order valence-electron chi connectivity index (χ3n) is 3.96. The van der Waals surface area contributed by atoms with Crippen LogP contribution in [0.4, 0.5) is 5.69 Å². The predicted octanol–water partition coefficient (Wildman–Crippen LogP) is 4.94. The molecule has 1 fully saturated rings. The average molecular weight is 461 g/mol. The van der Waals surface area contributed by atoms with Gasteiger partial charge in [-0.3, -0.25) is 9.69 Å². The van der Waals surface area contributed by atoms with Gasteiger partial charge in [0, 0.05) is 7.05 Å². The Bertz CT molecular complexity index is 1100. The van der Waals surface area contributed by atoms with Crippen LogP contribution in [0.5, 0.6) is 5.75 Å². The summed E-state index contributed by atoms with van der Waals surface area (Å²) in [5.41, 5.74) is 1.31. The van der Waals surface area contributed by atoms with E-state index < -0.39 is 5.97 Å². The monoisotopic (exact) mass is 460 g/mol. The number of halogens is 2. The summed E-state index contributed by atoms with van der Waals surface area (Å²) in [7, 11) is 1.61. The van der Waals surface area contributed by atoms with Crippen molar-refractivity contribution in [3.8, 4) is 18.1 Å². The first-order chi connectivity index (χ1) is 14.3. The zero-order chi connectivity index (χ0) is 21.8. The van der Waals surface area contributed by atoms with E-state index in [0.29, 0.717) is 21.3 Å². The SMILES string of the molecule is C#CCOc1c(Cl)cc(/C=C2/SC(=Nc3ccc(C(=O)O)cc3)N(C)C2=O)cc1Cl. The fourth-order valence-electron chi connectivity index (χ4n) is 2.51. The minimum atomic E-state index is -1.02. The first-order valence-electron chi connectivity index (χ1n) is 8.45. The largest absolute Gasteiger partial charge is 0.478 e. The van der Waals surface area contributed by atoms with E-state index in [4.69, 9.17) is 39.5 Å². The lowest BCUT2D eigenvalue weighted by atomic mass is 10.2. The molecule has 9 heteroatoms. The summed E-state index contributed by atoms with van der Waals surface area (Å²) < 4.78 is 5.33. The minimum Gasteiger partial charge on any atom is -0.478 e. The van der Waals surface area contributed by atoms with Crippen molar-refractivity contribution in [1.29, 1.82) is 0 Å². The zero-order valence-electron chi connectivity index (χ0n) is 15.6. The number of amidine groups is 1. The second-order valence-corrected chi connectivity index (χ2v) is 7.85. The summed E-state index contributed by atoms with van der Waals surface area (Å²) in [6.07, 6.45) is 6.83. The molecule has 0 saturated carbocycles. The number of hydrogen-bond acceptors (Lipinski definition) is 5. The zero-order valence-corrected chi connectivity index (χ0v) is 17.9. The Kier molecular flexibility index (Phi) is 6.73. The number of carboxylic acid groups (broad SMARTS) is 1. The molecule has 1 amide bonds. The highest BCUT2D eigenvalue weighted by molar-refractivity contribution is 8.18. The van der Waals surface area contributed by atoms with Gasteiger partial charge in [0.05, 0.1) is 26.2 Å². The number of carbonyl (C=O) groups is 2. The first kappa shape index (κ1) is 21.8. The second kappa shape index (κ2) is 9.26. The number of aliphatic imine (C=N–C) groups is 1. The van der Waals surface area contributed by atoms with Crippen LogP contribution in [0.1, 0.15) is 15.9 Å². The summed E-state index contributed by atoms with van der Waals surface area (Å²) in [5.74, 6) is 1.37. The Balaban J connectivity index is 1.86. The Labute approximate surface area is 187 Å².